The van der Waals surface area contributed by atoms with E-state index in [0.717, 1.165) is 12.8 Å². The monoisotopic (exact) mass is 309 g/mol. The van der Waals surface area contributed by atoms with Gasteiger partial charge in [-0.25, -0.2) is 8.42 Å². The van der Waals surface area contributed by atoms with Gasteiger partial charge in [-0.2, -0.15) is 0 Å². The molecule has 0 spiro atoms. The summed E-state index contributed by atoms with van der Waals surface area (Å²) in [5, 5.41) is 0. The highest BCUT2D eigenvalue weighted by Crippen LogP contribution is 2.60. The van der Waals surface area contributed by atoms with Gasteiger partial charge in [-0.15, -0.1) is 0 Å². The molecule has 0 saturated heterocycles. The summed E-state index contributed by atoms with van der Waals surface area (Å²) in [7, 11) is -3.54. The highest BCUT2D eigenvalue weighted by Gasteiger charge is 2.61. The van der Waals surface area contributed by atoms with Gasteiger partial charge in [0.05, 0.1) is 10.2 Å². The van der Waals surface area contributed by atoms with Gasteiger partial charge in [0.2, 0.25) is 15.9 Å². The van der Waals surface area contributed by atoms with Gasteiger partial charge in [0.1, 0.15) is 0 Å². The predicted molar refractivity (Wildman–Crippen MR) is 81.9 cm³/mol. The normalized spacial score (nSPS) is 36.2. The highest BCUT2D eigenvalue weighted by atomic mass is 32.2. The van der Waals surface area contributed by atoms with E-state index in [2.05, 4.69) is 17.7 Å². The SMILES string of the molecule is CC=CC1CC1(CC1C=C1C)C(=O)NS(=O)(=O)C1(C)CC1. The van der Waals surface area contributed by atoms with Crippen molar-refractivity contribution >= 4 is 15.9 Å². The van der Waals surface area contributed by atoms with Crippen LogP contribution in [0.3, 0.4) is 0 Å². The molecule has 3 aliphatic rings. The van der Waals surface area contributed by atoms with Crippen LogP contribution < -0.4 is 4.72 Å². The average molecular weight is 309 g/mol. The maximum absolute atomic E-state index is 12.6. The molecule has 3 unspecified atom stereocenters. The second-order valence-corrected chi connectivity index (χ2v) is 9.29. The summed E-state index contributed by atoms with van der Waals surface area (Å²) in [5.41, 5.74) is 0.786. The van der Waals surface area contributed by atoms with E-state index in [-0.39, 0.29) is 11.8 Å². The number of carbonyl (C=O) groups is 1. The van der Waals surface area contributed by atoms with E-state index in [0.29, 0.717) is 18.8 Å². The first-order valence-corrected chi connectivity index (χ1v) is 9.10. The molecule has 4 nitrogen and oxygen atoms in total. The molecule has 0 bridgehead atoms. The van der Waals surface area contributed by atoms with Gasteiger partial charge in [0, 0.05) is 0 Å². The molecule has 0 radical (unpaired) electrons. The van der Waals surface area contributed by atoms with Crippen LogP contribution in [-0.4, -0.2) is 19.1 Å². The first-order valence-electron chi connectivity index (χ1n) is 7.62. The highest BCUT2D eigenvalue weighted by molar-refractivity contribution is 7.91. The van der Waals surface area contributed by atoms with Crippen LogP contribution in [0.1, 0.15) is 46.5 Å². The third-order valence-corrected chi connectivity index (χ3v) is 7.52. The average Bonchev–Trinajstić information content (AvgIpc) is 3.28. The van der Waals surface area contributed by atoms with Crippen molar-refractivity contribution in [3.63, 3.8) is 0 Å². The Labute approximate surface area is 126 Å². The summed E-state index contributed by atoms with van der Waals surface area (Å²) in [6.07, 6.45) is 8.91. The Morgan fingerprint density at radius 1 is 1.48 bits per heavy atom. The van der Waals surface area contributed by atoms with E-state index in [1.54, 1.807) is 6.92 Å². The molecule has 0 aromatic rings. The molecule has 5 heteroatoms. The Morgan fingerprint density at radius 3 is 2.57 bits per heavy atom. The summed E-state index contributed by atoms with van der Waals surface area (Å²) in [4.78, 5) is 12.6. The van der Waals surface area contributed by atoms with Crippen molar-refractivity contribution in [2.24, 2.45) is 17.3 Å². The van der Waals surface area contributed by atoms with Gasteiger partial charge in [-0.05, 0) is 58.3 Å². The molecule has 2 fully saturated rings. The van der Waals surface area contributed by atoms with Gasteiger partial charge < -0.3 is 0 Å². The summed E-state index contributed by atoms with van der Waals surface area (Å²) in [6.45, 7) is 5.70. The Morgan fingerprint density at radius 2 is 2.10 bits per heavy atom. The molecule has 0 heterocycles. The number of hydrogen-bond donors (Lipinski definition) is 1. The molecular weight excluding hydrogens is 286 g/mol. The molecule has 1 amide bonds. The van der Waals surface area contributed by atoms with Crippen molar-refractivity contribution in [1.29, 1.82) is 0 Å². The molecule has 3 atom stereocenters. The maximum atomic E-state index is 12.6. The van der Waals surface area contributed by atoms with E-state index < -0.39 is 20.2 Å². The maximum Gasteiger partial charge on any atom is 0.240 e. The topological polar surface area (TPSA) is 63.2 Å². The molecule has 1 N–H and O–H groups in total. The summed E-state index contributed by atoms with van der Waals surface area (Å²) in [5.74, 6) is 0.253. The summed E-state index contributed by atoms with van der Waals surface area (Å²) in [6, 6.07) is 0. The fourth-order valence-corrected chi connectivity index (χ4v) is 4.41. The number of sulfonamides is 1. The minimum absolute atomic E-state index is 0.173. The lowest BCUT2D eigenvalue weighted by atomic mass is 9.93. The first-order chi connectivity index (χ1) is 9.74. The minimum atomic E-state index is -3.54. The summed E-state index contributed by atoms with van der Waals surface area (Å²) < 4.78 is 26.2. The second-order valence-electron chi connectivity index (χ2n) is 7.10. The molecule has 3 rings (SSSR count). The molecule has 2 saturated carbocycles. The van der Waals surface area contributed by atoms with Crippen molar-refractivity contribution in [3.8, 4) is 0 Å². The van der Waals surface area contributed by atoms with Crippen LogP contribution in [0.15, 0.2) is 23.8 Å². The Balaban J connectivity index is 1.73. The first kappa shape index (κ1) is 14.8. The minimum Gasteiger partial charge on any atom is -0.273 e. The van der Waals surface area contributed by atoms with Crippen molar-refractivity contribution in [2.45, 2.75) is 51.2 Å². The van der Waals surface area contributed by atoms with Gasteiger partial charge in [-0.1, -0.05) is 23.8 Å². The quantitative estimate of drug-likeness (QED) is 0.767. The lowest BCUT2D eigenvalue weighted by Crippen LogP contribution is -2.43. The van der Waals surface area contributed by atoms with Crippen LogP contribution in [-0.2, 0) is 14.8 Å². The molecule has 0 aromatic heterocycles. The molecular formula is C16H23NO3S. The third-order valence-electron chi connectivity index (χ3n) is 5.36. The number of carbonyl (C=O) groups excluding carboxylic acids is 1. The number of allylic oxidation sites excluding steroid dienone is 4. The third kappa shape index (κ3) is 2.45. The molecule has 0 aliphatic heterocycles. The summed E-state index contributed by atoms with van der Waals surface area (Å²) >= 11 is 0. The van der Waals surface area contributed by atoms with E-state index in [9.17, 15) is 13.2 Å². The van der Waals surface area contributed by atoms with E-state index in [1.165, 1.54) is 5.57 Å². The molecule has 21 heavy (non-hydrogen) atoms. The largest absolute Gasteiger partial charge is 0.273 e. The number of nitrogens with one attached hydrogen (secondary N) is 1. The van der Waals surface area contributed by atoms with Crippen molar-refractivity contribution in [1.82, 2.24) is 4.72 Å². The Bertz CT molecular complexity index is 642. The zero-order valence-electron chi connectivity index (χ0n) is 12.8. The number of rotatable bonds is 6. The van der Waals surface area contributed by atoms with Crippen molar-refractivity contribution in [3.05, 3.63) is 23.8 Å². The zero-order valence-corrected chi connectivity index (χ0v) is 13.7. The van der Waals surface area contributed by atoms with Crippen LogP contribution in [0.5, 0.6) is 0 Å². The number of hydrogen-bond acceptors (Lipinski definition) is 3. The standard InChI is InChI=1S/C16H23NO3S/c1-4-5-13-10-16(13,9-12-8-11(12)2)14(18)17-21(19,20)15(3)6-7-15/h4-5,8,12-13H,6-7,9-10H2,1-3H3,(H,17,18). The molecule has 0 aromatic carbocycles. The molecule has 116 valence electrons. The van der Waals surface area contributed by atoms with Crippen LogP contribution in [0.4, 0.5) is 0 Å². The van der Waals surface area contributed by atoms with Crippen LogP contribution >= 0.6 is 0 Å². The molecule has 3 aliphatic carbocycles. The van der Waals surface area contributed by atoms with Gasteiger partial charge in [0.15, 0.2) is 0 Å². The van der Waals surface area contributed by atoms with Crippen LogP contribution in [0.2, 0.25) is 0 Å². The van der Waals surface area contributed by atoms with Gasteiger partial charge in [0.25, 0.3) is 0 Å². The van der Waals surface area contributed by atoms with E-state index >= 15 is 0 Å². The van der Waals surface area contributed by atoms with Crippen LogP contribution in [0.25, 0.3) is 0 Å². The lowest BCUT2D eigenvalue weighted by Gasteiger charge is -2.19. The van der Waals surface area contributed by atoms with Crippen molar-refractivity contribution < 1.29 is 13.2 Å². The Hall–Kier alpha value is -1.10. The van der Waals surface area contributed by atoms with Gasteiger partial charge in [-0.3, -0.25) is 9.52 Å². The van der Waals surface area contributed by atoms with Gasteiger partial charge >= 0.3 is 0 Å². The predicted octanol–water partition coefficient (Wildman–Crippen LogP) is 2.53. The Kier molecular flexibility index (Phi) is 3.14. The fraction of sp³-hybridized carbons (Fsp3) is 0.688. The van der Waals surface area contributed by atoms with Crippen LogP contribution in [0, 0.1) is 17.3 Å². The van der Waals surface area contributed by atoms with E-state index in [1.807, 2.05) is 19.1 Å². The second kappa shape index (κ2) is 4.45. The number of amides is 1. The fourth-order valence-electron chi connectivity index (χ4n) is 3.08. The smallest absolute Gasteiger partial charge is 0.240 e. The zero-order chi connectivity index (χ0) is 15.5. The van der Waals surface area contributed by atoms with E-state index in [4.69, 9.17) is 0 Å². The van der Waals surface area contributed by atoms with Crippen molar-refractivity contribution in [2.75, 3.05) is 0 Å². The lowest BCUT2D eigenvalue weighted by molar-refractivity contribution is -0.125.